The molecule has 12 nitrogen and oxygen atoms in total. The molecule has 0 fully saturated rings. The van der Waals surface area contributed by atoms with E-state index in [2.05, 4.69) is 20.4 Å². The van der Waals surface area contributed by atoms with E-state index in [-0.39, 0.29) is 39.5 Å². The Balaban J connectivity index is 2.15. The van der Waals surface area contributed by atoms with Crippen molar-refractivity contribution in [3.8, 4) is 0 Å². The van der Waals surface area contributed by atoms with Crippen LogP contribution in [0.5, 0.6) is 0 Å². The van der Waals surface area contributed by atoms with Crippen molar-refractivity contribution in [2.24, 2.45) is 15.9 Å². The highest BCUT2D eigenvalue weighted by Gasteiger charge is 2.04. The number of carbonyl (C=O) groups is 2. The number of aromatic nitrogens is 3. The number of nitrogens with two attached hydrogens (primary N) is 1. The van der Waals surface area contributed by atoms with Gasteiger partial charge < -0.3 is 25.5 Å². The summed E-state index contributed by atoms with van der Waals surface area (Å²) in [5.41, 5.74) is 0.800. The van der Waals surface area contributed by atoms with E-state index in [1.807, 2.05) is 0 Å². The Morgan fingerprint density at radius 3 is 2.71 bits per heavy atom. The molecule has 1 aromatic rings. The second kappa shape index (κ2) is 10.8. The largest absolute Gasteiger partial charge is 0.480 e. The van der Waals surface area contributed by atoms with Crippen LogP contribution in [0.2, 0.25) is 0 Å². The van der Waals surface area contributed by atoms with E-state index in [0.29, 0.717) is 11.4 Å². The van der Waals surface area contributed by atoms with Gasteiger partial charge in [0, 0.05) is 6.21 Å². The first-order valence-electron chi connectivity index (χ1n) is 6.76. The SMILES string of the molecule is NN=C(C=NCC(=O)O)COCCOCc1cn(CC(=O)O)nn1. The van der Waals surface area contributed by atoms with Crippen LogP contribution in [0.25, 0.3) is 0 Å². The van der Waals surface area contributed by atoms with Gasteiger partial charge in [0.2, 0.25) is 0 Å². The second-order valence-corrected chi connectivity index (χ2v) is 4.39. The Morgan fingerprint density at radius 1 is 1.29 bits per heavy atom. The predicted molar refractivity (Wildman–Crippen MR) is 80.8 cm³/mol. The van der Waals surface area contributed by atoms with Crippen molar-refractivity contribution in [2.45, 2.75) is 13.2 Å². The minimum atomic E-state index is -1.06. The van der Waals surface area contributed by atoms with Gasteiger partial charge in [0.05, 0.1) is 32.6 Å². The number of hydrazone groups is 1. The third kappa shape index (κ3) is 8.55. The number of rotatable bonds is 12. The van der Waals surface area contributed by atoms with E-state index in [4.69, 9.17) is 25.5 Å². The standard InChI is InChI=1S/C12H18N6O6/c13-15-9(3-14-4-11(19)20)7-23-1-2-24-8-10-5-18(17-16-10)6-12(21)22/h3,5H,1-2,4,6-8,13H2,(H,19,20)(H,21,22). The molecule has 0 aliphatic heterocycles. The molecule has 4 N–H and O–H groups in total. The number of hydrogen-bond donors (Lipinski definition) is 3. The summed E-state index contributed by atoms with van der Waals surface area (Å²) in [7, 11) is 0. The van der Waals surface area contributed by atoms with Gasteiger partial charge in [-0.05, 0) is 0 Å². The van der Waals surface area contributed by atoms with E-state index in [9.17, 15) is 9.59 Å². The Bertz CT molecular complexity index is 599. The maximum Gasteiger partial charge on any atom is 0.325 e. The number of carboxylic acids is 2. The van der Waals surface area contributed by atoms with Crippen molar-refractivity contribution in [1.82, 2.24) is 15.0 Å². The molecule has 0 aliphatic rings. The van der Waals surface area contributed by atoms with Crippen molar-refractivity contribution in [2.75, 3.05) is 26.4 Å². The zero-order valence-corrected chi connectivity index (χ0v) is 12.7. The van der Waals surface area contributed by atoms with Crippen LogP contribution in [0.4, 0.5) is 0 Å². The van der Waals surface area contributed by atoms with Gasteiger partial charge in [-0.3, -0.25) is 14.6 Å². The first kappa shape index (κ1) is 19.2. The van der Waals surface area contributed by atoms with Crippen LogP contribution in [0.15, 0.2) is 16.3 Å². The van der Waals surface area contributed by atoms with Crippen LogP contribution >= 0.6 is 0 Å². The molecule has 0 unspecified atom stereocenters. The average molecular weight is 342 g/mol. The lowest BCUT2D eigenvalue weighted by Gasteiger charge is -2.04. The molecular weight excluding hydrogens is 324 g/mol. The molecule has 0 aromatic carbocycles. The van der Waals surface area contributed by atoms with Crippen molar-refractivity contribution >= 4 is 23.9 Å². The summed E-state index contributed by atoms with van der Waals surface area (Å²) in [5, 5.41) is 27.9. The minimum Gasteiger partial charge on any atom is -0.480 e. The fourth-order valence-electron chi connectivity index (χ4n) is 1.43. The van der Waals surface area contributed by atoms with Crippen molar-refractivity contribution in [1.29, 1.82) is 0 Å². The second-order valence-electron chi connectivity index (χ2n) is 4.39. The van der Waals surface area contributed by atoms with E-state index >= 15 is 0 Å². The van der Waals surface area contributed by atoms with Crippen LogP contribution in [0.1, 0.15) is 5.69 Å². The molecule has 0 bridgehead atoms. The van der Waals surface area contributed by atoms with Crippen LogP contribution in [0, 0.1) is 0 Å². The zero-order chi connectivity index (χ0) is 17.8. The Hall–Kier alpha value is -2.86. The molecule has 0 amide bonds. The van der Waals surface area contributed by atoms with Crippen LogP contribution < -0.4 is 5.84 Å². The van der Waals surface area contributed by atoms with Crippen LogP contribution in [-0.4, -0.2) is 75.4 Å². The lowest BCUT2D eigenvalue weighted by Crippen LogP contribution is -2.16. The highest BCUT2D eigenvalue weighted by atomic mass is 16.5. The first-order valence-corrected chi connectivity index (χ1v) is 6.76. The normalized spacial score (nSPS) is 11.9. The van der Waals surface area contributed by atoms with E-state index in [1.54, 1.807) is 0 Å². The monoisotopic (exact) mass is 342 g/mol. The minimum absolute atomic E-state index is 0.0672. The lowest BCUT2D eigenvalue weighted by molar-refractivity contribution is -0.138. The van der Waals surface area contributed by atoms with Gasteiger partial charge in [-0.1, -0.05) is 5.21 Å². The quantitative estimate of drug-likeness (QED) is 0.174. The molecule has 0 spiro atoms. The molecule has 0 atom stereocenters. The molecule has 1 heterocycles. The van der Waals surface area contributed by atoms with Crippen molar-refractivity contribution < 1.29 is 29.3 Å². The molecule has 0 radical (unpaired) electrons. The smallest absolute Gasteiger partial charge is 0.325 e. The van der Waals surface area contributed by atoms with Crippen LogP contribution in [0.3, 0.4) is 0 Å². The van der Waals surface area contributed by atoms with Gasteiger partial charge in [0.25, 0.3) is 0 Å². The summed E-state index contributed by atoms with van der Waals surface area (Å²) < 4.78 is 11.7. The van der Waals surface area contributed by atoms with Gasteiger partial charge in [-0.25, -0.2) is 4.68 Å². The molecule has 0 aliphatic carbocycles. The Kier molecular flexibility index (Phi) is 8.63. The zero-order valence-electron chi connectivity index (χ0n) is 12.7. The van der Waals surface area contributed by atoms with E-state index < -0.39 is 11.9 Å². The number of hydrogen-bond acceptors (Lipinski definition) is 9. The fraction of sp³-hybridized carbons (Fsp3) is 0.500. The molecule has 0 saturated carbocycles. The summed E-state index contributed by atoms with van der Waals surface area (Å²) in [6.07, 6.45) is 2.71. The molecule has 24 heavy (non-hydrogen) atoms. The van der Waals surface area contributed by atoms with Crippen molar-refractivity contribution in [3.63, 3.8) is 0 Å². The first-order chi connectivity index (χ1) is 11.5. The van der Waals surface area contributed by atoms with Gasteiger partial charge in [0.15, 0.2) is 0 Å². The maximum atomic E-state index is 10.5. The number of nitrogens with zero attached hydrogens (tertiary/aromatic N) is 5. The van der Waals surface area contributed by atoms with Crippen LogP contribution in [-0.2, 0) is 32.2 Å². The summed E-state index contributed by atoms with van der Waals surface area (Å²) >= 11 is 0. The number of aliphatic imine (C=N–C) groups is 1. The van der Waals surface area contributed by atoms with Gasteiger partial charge in [-0.15, -0.1) is 5.10 Å². The van der Waals surface area contributed by atoms with Gasteiger partial charge >= 0.3 is 11.9 Å². The summed E-state index contributed by atoms with van der Waals surface area (Å²) in [6, 6.07) is 0. The summed E-state index contributed by atoms with van der Waals surface area (Å²) in [6.45, 7) is 0.106. The van der Waals surface area contributed by atoms with E-state index in [0.717, 1.165) is 0 Å². The molecule has 132 valence electrons. The lowest BCUT2D eigenvalue weighted by atomic mass is 10.4. The number of ether oxygens (including phenoxy) is 2. The molecule has 0 saturated heterocycles. The molecule has 1 aromatic heterocycles. The molecule has 1 rings (SSSR count). The Labute approximate surface area is 136 Å². The fourth-order valence-corrected chi connectivity index (χ4v) is 1.43. The number of aliphatic carboxylic acids is 2. The third-order valence-electron chi connectivity index (χ3n) is 2.39. The van der Waals surface area contributed by atoms with Gasteiger partial charge in [-0.2, -0.15) is 5.10 Å². The number of carboxylic acid groups (broad SMARTS) is 2. The highest BCUT2D eigenvalue weighted by molar-refractivity contribution is 6.31. The van der Waals surface area contributed by atoms with Crippen molar-refractivity contribution in [3.05, 3.63) is 11.9 Å². The van der Waals surface area contributed by atoms with E-state index in [1.165, 1.54) is 17.1 Å². The predicted octanol–water partition coefficient (Wildman–Crippen LogP) is -1.63. The highest BCUT2D eigenvalue weighted by Crippen LogP contribution is 1.96. The average Bonchev–Trinajstić information content (AvgIpc) is 2.95. The Morgan fingerprint density at radius 2 is 2.04 bits per heavy atom. The topological polar surface area (TPSA) is 175 Å². The molecular formula is C12H18N6O6. The van der Waals surface area contributed by atoms with Gasteiger partial charge in [0.1, 0.15) is 24.5 Å². The third-order valence-corrected chi connectivity index (χ3v) is 2.39. The maximum absolute atomic E-state index is 10.5. The molecule has 12 heteroatoms. The summed E-state index contributed by atoms with van der Waals surface area (Å²) in [5.74, 6) is 3.05. The summed E-state index contributed by atoms with van der Waals surface area (Å²) in [4.78, 5) is 24.4.